The summed E-state index contributed by atoms with van der Waals surface area (Å²) in [7, 11) is 1.69. The van der Waals surface area contributed by atoms with Crippen LogP contribution in [0.2, 0.25) is 0 Å². The monoisotopic (exact) mass is 669 g/mol. The van der Waals surface area contributed by atoms with Gasteiger partial charge in [-0.3, -0.25) is 10.1 Å². The Morgan fingerprint density at radius 2 is 1.79 bits per heavy atom. The molecule has 5 fully saturated rings. The fraction of sp³-hybridized carbons (Fsp3) is 0.872. The highest BCUT2D eigenvalue weighted by Gasteiger charge is 2.76. The lowest BCUT2D eigenvalue weighted by molar-refractivity contribution is -0.223. The van der Waals surface area contributed by atoms with E-state index in [0.29, 0.717) is 38.9 Å². The molecule has 16 atom stereocenters. The summed E-state index contributed by atoms with van der Waals surface area (Å²) >= 11 is 0. The zero-order valence-corrected chi connectivity index (χ0v) is 29.8. The minimum absolute atomic E-state index is 0.0241. The van der Waals surface area contributed by atoms with Crippen LogP contribution in [0.5, 0.6) is 0 Å². The standard InChI is InChI=1S/C39H59NO8/c1-7-23-9-14-38(37(5,44)33(42)31-22(2)25-20-29(23)40-34(43)32(25)48-31)15-16-39(45)27-21-30(41)28-19-24(47-18-8-17-46-6)10-12-35(28,3)26(27)11-13-36(38,39)4/h21-26,28-29,31-34,40,42-45H,7-8,10-13,15-20H2,1-6H3. The molecule has 48 heavy (non-hydrogen) atoms. The summed E-state index contributed by atoms with van der Waals surface area (Å²) in [6.07, 6.45) is 5.37. The number of allylic oxidation sites excluding steroid dienone is 1. The van der Waals surface area contributed by atoms with Gasteiger partial charge < -0.3 is 34.6 Å². The molecule has 5 N–H and O–H groups in total. The molecule has 3 saturated carbocycles. The van der Waals surface area contributed by atoms with Gasteiger partial charge in [0.1, 0.15) is 24.0 Å². The van der Waals surface area contributed by atoms with Crippen LogP contribution in [0.25, 0.3) is 0 Å². The van der Waals surface area contributed by atoms with Gasteiger partial charge in [-0.25, -0.2) is 0 Å². The summed E-state index contributed by atoms with van der Waals surface area (Å²) < 4.78 is 17.8. The number of nitrogens with one attached hydrogen (secondary N) is 1. The lowest BCUT2D eigenvalue weighted by atomic mass is 9.43. The quantitative estimate of drug-likeness (QED) is 0.213. The van der Waals surface area contributed by atoms with Gasteiger partial charge in [0, 0.05) is 43.6 Å². The Morgan fingerprint density at radius 3 is 2.52 bits per heavy atom. The van der Waals surface area contributed by atoms with Gasteiger partial charge in [0.15, 0.2) is 5.78 Å². The van der Waals surface area contributed by atoms with Crippen LogP contribution in [0.15, 0.2) is 11.6 Å². The summed E-state index contributed by atoms with van der Waals surface area (Å²) in [5, 5.41) is 52.6. The molecule has 0 aromatic heterocycles. The number of piperidine rings is 1. The normalized spacial score (nSPS) is 54.1. The first-order valence-corrected chi connectivity index (χ1v) is 18.8. The van der Waals surface area contributed by atoms with Crippen LogP contribution in [0.3, 0.4) is 0 Å². The van der Waals surface area contributed by atoms with E-state index >= 15 is 0 Å². The molecule has 1 spiro atoms. The number of rotatable bonds is 6. The zero-order chi connectivity index (χ0) is 34.4. The third-order valence-corrected chi connectivity index (χ3v) is 15.4. The minimum atomic E-state index is -1.75. The number of carbonyl (C=O) groups is 1. The number of carbonyl (C=O) groups excluding carboxylic acids is 1. The largest absolute Gasteiger partial charge is 0.387 e. The second-order valence-electron chi connectivity index (χ2n) is 17.3. The van der Waals surface area contributed by atoms with Gasteiger partial charge in [-0.1, -0.05) is 39.5 Å². The number of ether oxygens (including phenoxy) is 3. The highest BCUT2D eigenvalue weighted by atomic mass is 16.5. The van der Waals surface area contributed by atoms with Gasteiger partial charge >= 0.3 is 0 Å². The topological polar surface area (TPSA) is 138 Å². The summed E-state index contributed by atoms with van der Waals surface area (Å²) in [6, 6.07) is -0.0562. The second-order valence-corrected chi connectivity index (χ2v) is 17.3. The number of aliphatic hydroxyl groups is 4. The van der Waals surface area contributed by atoms with E-state index in [4.69, 9.17) is 14.2 Å². The van der Waals surface area contributed by atoms with E-state index in [-0.39, 0.29) is 52.9 Å². The minimum Gasteiger partial charge on any atom is -0.387 e. The Morgan fingerprint density at radius 1 is 1.02 bits per heavy atom. The SMILES string of the molecule is CCC1C#CC2(CCC3(O)C4=CC(=O)C5CC(OCCCOC)CCC5(C)C4CCC32C)C(C)(O)C(O)C2OC3C(O)NC1CC3C2C. The van der Waals surface area contributed by atoms with Crippen LogP contribution < -0.4 is 5.32 Å². The first kappa shape index (κ1) is 35.1. The maximum Gasteiger partial charge on any atom is 0.159 e. The van der Waals surface area contributed by atoms with Gasteiger partial charge in [-0.15, -0.1) is 0 Å². The molecule has 0 radical (unpaired) electrons. The van der Waals surface area contributed by atoms with Crippen molar-refractivity contribution in [3.8, 4) is 11.8 Å². The zero-order valence-electron chi connectivity index (χ0n) is 29.8. The molecule has 0 amide bonds. The van der Waals surface area contributed by atoms with E-state index in [0.717, 1.165) is 44.1 Å². The Hall–Kier alpha value is -1.35. The third-order valence-electron chi connectivity index (χ3n) is 15.4. The third kappa shape index (κ3) is 4.69. The van der Waals surface area contributed by atoms with Gasteiger partial charge in [-0.2, -0.15) is 0 Å². The average molecular weight is 670 g/mol. The van der Waals surface area contributed by atoms with Gasteiger partial charge in [0.05, 0.1) is 23.2 Å². The lowest BCUT2D eigenvalue weighted by Gasteiger charge is -2.62. The van der Waals surface area contributed by atoms with Crippen molar-refractivity contribution in [3.63, 3.8) is 0 Å². The number of fused-ring (bicyclic) bond motifs is 8. The van der Waals surface area contributed by atoms with E-state index in [1.165, 1.54) is 0 Å². The highest BCUT2D eigenvalue weighted by Crippen LogP contribution is 2.73. The average Bonchev–Trinajstić information content (AvgIpc) is 3.51. The number of ketones is 1. The first-order chi connectivity index (χ1) is 22.7. The molecule has 3 bridgehead atoms. The number of hydrogen-bond donors (Lipinski definition) is 5. The molecule has 2 aliphatic heterocycles. The maximum absolute atomic E-state index is 14.1. The molecule has 0 aromatic carbocycles. The van der Waals surface area contributed by atoms with Crippen molar-refractivity contribution in [2.45, 2.75) is 147 Å². The van der Waals surface area contributed by atoms with Crippen molar-refractivity contribution >= 4 is 5.78 Å². The molecule has 7 rings (SSSR count). The molecule has 5 aliphatic carbocycles. The van der Waals surface area contributed by atoms with Crippen molar-refractivity contribution in [1.29, 1.82) is 0 Å². The summed E-state index contributed by atoms with van der Waals surface area (Å²) in [4.78, 5) is 14.1. The first-order valence-electron chi connectivity index (χ1n) is 18.8. The number of methoxy groups -OCH3 is 1. The van der Waals surface area contributed by atoms with Crippen LogP contribution in [0, 0.1) is 57.7 Å². The van der Waals surface area contributed by atoms with Crippen LogP contribution >= 0.6 is 0 Å². The molecule has 9 nitrogen and oxygen atoms in total. The van der Waals surface area contributed by atoms with E-state index in [1.54, 1.807) is 20.1 Å². The Labute approximate surface area is 286 Å². The van der Waals surface area contributed by atoms with E-state index < -0.39 is 46.6 Å². The Bertz CT molecular complexity index is 1370. The van der Waals surface area contributed by atoms with Crippen LogP contribution in [-0.2, 0) is 19.0 Å². The molecule has 2 saturated heterocycles. The molecule has 9 heteroatoms. The summed E-state index contributed by atoms with van der Waals surface area (Å²) in [5.74, 6) is 6.99. The molecule has 7 aliphatic rings. The van der Waals surface area contributed by atoms with Crippen LogP contribution in [-0.4, -0.2) is 94.4 Å². The van der Waals surface area contributed by atoms with Gasteiger partial charge in [0.2, 0.25) is 0 Å². The smallest absolute Gasteiger partial charge is 0.159 e. The predicted molar refractivity (Wildman–Crippen MR) is 179 cm³/mol. The van der Waals surface area contributed by atoms with Crippen molar-refractivity contribution < 1.29 is 39.4 Å². The lowest BCUT2D eigenvalue weighted by Crippen LogP contribution is -2.68. The van der Waals surface area contributed by atoms with E-state index in [9.17, 15) is 25.2 Å². The van der Waals surface area contributed by atoms with E-state index in [1.807, 2.05) is 6.92 Å². The molecule has 268 valence electrons. The number of hydrogen-bond acceptors (Lipinski definition) is 9. The molecule has 0 aromatic rings. The van der Waals surface area contributed by atoms with Crippen molar-refractivity contribution in [3.05, 3.63) is 11.6 Å². The highest BCUT2D eigenvalue weighted by molar-refractivity contribution is 5.95. The molecular formula is C39H59NO8. The fourth-order valence-electron chi connectivity index (χ4n) is 12.3. The van der Waals surface area contributed by atoms with Crippen molar-refractivity contribution in [2.24, 2.45) is 45.8 Å². The van der Waals surface area contributed by atoms with Crippen molar-refractivity contribution in [2.75, 3.05) is 20.3 Å². The second kappa shape index (κ2) is 12.1. The number of aliphatic hydroxyl groups excluding tert-OH is 2. The van der Waals surface area contributed by atoms with Crippen LogP contribution in [0.4, 0.5) is 0 Å². The summed E-state index contributed by atoms with van der Waals surface area (Å²) in [5.41, 5.74) is -4.71. The van der Waals surface area contributed by atoms with Gasteiger partial charge in [-0.05, 0) is 106 Å². The molecule has 2 heterocycles. The molecular weight excluding hydrogens is 610 g/mol. The maximum atomic E-state index is 14.1. The fourth-order valence-corrected chi connectivity index (χ4v) is 12.3. The Kier molecular flexibility index (Phi) is 8.86. The molecule has 16 unspecified atom stereocenters. The predicted octanol–water partition coefficient (Wildman–Crippen LogP) is 3.51. The van der Waals surface area contributed by atoms with Gasteiger partial charge in [0.25, 0.3) is 0 Å². The Balaban J connectivity index is 1.27. The van der Waals surface area contributed by atoms with Crippen LogP contribution in [0.1, 0.15) is 98.8 Å². The summed E-state index contributed by atoms with van der Waals surface area (Å²) in [6.45, 7) is 11.4. The van der Waals surface area contributed by atoms with E-state index in [2.05, 4.69) is 37.9 Å². The van der Waals surface area contributed by atoms with Crippen molar-refractivity contribution in [1.82, 2.24) is 5.32 Å².